The fraction of sp³-hybridized carbons (Fsp3) is 0. The molecule has 10 heteroatoms. The number of hydrogen-bond donors (Lipinski definition) is 2. The molecule has 0 saturated carbocycles. The van der Waals surface area contributed by atoms with Gasteiger partial charge in [0, 0.05) is 10.2 Å². The first kappa shape index (κ1) is 17.3. The van der Waals surface area contributed by atoms with E-state index in [2.05, 4.69) is 41.5 Å². The summed E-state index contributed by atoms with van der Waals surface area (Å²) < 4.78 is 1.88. The highest BCUT2D eigenvalue weighted by atomic mass is 79.9. The van der Waals surface area contributed by atoms with Crippen LogP contribution in [0.15, 0.2) is 59.3 Å². The molecule has 2 aromatic carbocycles. The molecule has 2 heterocycles. The first-order valence-electron chi connectivity index (χ1n) is 7.75. The van der Waals surface area contributed by atoms with Crippen LogP contribution in [0, 0.1) is 10.1 Å². The summed E-state index contributed by atoms with van der Waals surface area (Å²) in [5.74, 6) is 0.176. The fourth-order valence-corrected chi connectivity index (χ4v) is 3.56. The third-order valence-electron chi connectivity index (χ3n) is 3.63. The van der Waals surface area contributed by atoms with E-state index in [4.69, 9.17) is 0 Å². The molecule has 0 aliphatic carbocycles. The smallest absolute Gasteiger partial charge is 0.334 e. The number of hydrogen-bond acceptors (Lipinski definition) is 8. The van der Waals surface area contributed by atoms with Crippen molar-refractivity contribution in [2.45, 2.75) is 0 Å². The Balaban J connectivity index is 1.69. The number of aromatic nitrogens is 3. The largest absolute Gasteiger partial charge is 0.353 e. The van der Waals surface area contributed by atoms with Crippen molar-refractivity contribution in [3.63, 3.8) is 0 Å². The number of anilines is 4. The molecular weight excluding hydrogens is 432 g/mol. The van der Waals surface area contributed by atoms with Gasteiger partial charge in [0.25, 0.3) is 0 Å². The van der Waals surface area contributed by atoms with E-state index in [0.29, 0.717) is 10.8 Å². The van der Waals surface area contributed by atoms with Gasteiger partial charge >= 0.3 is 5.69 Å². The number of nitrogens with zero attached hydrogens (tertiary/aromatic N) is 4. The molecule has 0 amide bonds. The molecule has 0 saturated heterocycles. The van der Waals surface area contributed by atoms with Crippen LogP contribution in [0.2, 0.25) is 0 Å². The van der Waals surface area contributed by atoms with Crippen molar-refractivity contribution >= 4 is 65.6 Å². The minimum Gasteiger partial charge on any atom is -0.334 e. The molecule has 8 nitrogen and oxygen atoms in total. The number of para-hydroxylation sites is 1. The van der Waals surface area contributed by atoms with Crippen LogP contribution in [0.5, 0.6) is 0 Å². The van der Waals surface area contributed by atoms with Crippen molar-refractivity contribution in [3.05, 3.63) is 69.4 Å². The maximum absolute atomic E-state index is 11.7. The summed E-state index contributed by atoms with van der Waals surface area (Å²) in [5.41, 5.74) is 1.24. The number of rotatable bonds is 5. The van der Waals surface area contributed by atoms with Gasteiger partial charge in [0.2, 0.25) is 11.6 Å². The molecule has 0 atom stereocenters. The maximum atomic E-state index is 11.7. The lowest BCUT2D eigenvalue weighted by molar-refractivity contribution is -0.383. The van der Waals surface area contributed by atoms with Crippen molar-refractivity contribution < 1.29 is 4.92 Å². The number of nitrogens with one attached hydrogen (secondary N) is 2. The predicted octanol–water partition coefficient (Wildman–Crippen LogP) is 5.24. The van der Waals surface area contributed by atoms with Crippen LogP contribution in [0.1, 0.15) is 0 Å². The molecule has 0 radical (unpaired) electrons. The van der Waals surface area contributed by atoms with E-state index in [1.54, 1.807) is 12.1 Å². The summed E-state index contributed by atoms with van der Waals surface area (Å²) in [6.07, 6.45) is 1.27. The van der Waals surface area contributed by atoms with Crippen LogP contribution in [-0.2, 0) is 0 Å². The van der Waals surface area contributed by atoms with E-state index in [1.165, 1.54) is 17.7 Å². The lowest BCUT2D eigenvalue weighted by Gasteiger charge is -2.09. The van der Waals surface area contributed by atoms with Crippen LogP contribution in [0.3, 0.4) is 0 Å². The van der Waals surface area contributed by atoms with Gasteiger partial charge in [-0.3, -0.25) is 10.1 Å². The van der Waals surface area contributed by atoms with Gasteiger partial charge < -0.3 is 10.6 Å². The Morgan fingerprint density at radius 3 is 2.41 bits per heavy atom. The third-order valence-corrected chi connectivity index (χ3v) is 5.11. The second-order valence-corrected chi connectivity index (χ2v) is 7.37. The standard InChI is InChI=1S/C17H11BrN6O2S/c18-10-5-7-11(8-6-10)21-15-14(24(25)26)16(20-9-19-15)23-17-22-12-3-1-2-4-13(12)27-17/h1-9H,(H2,19,20,21,22,23). The molecule has 2 N–H and O–H groups in total. The van der Waals surface area contributed by atoms with E-state index < -0.39 is 4.92 Å². The molecule has 0 aliphatic heterocycles. The number of thiazole rings is 1. The number of benzene rings is 2. The van der Waals surface area contributed by atoms with Gasteiger partial charge in [-0.05, 0) is 36.4 Å². The Morgan fingerprint density at radius 2 is 1.70 bits per heavy atom. The second-order valence-electron chi connectivity index (χ2n) is 5.42. The Labute approximate surface area is 165 Å². The van der Waals surface area contributed by atoms with Crippen molar-refractivity contribution in [2.24, 2.45) is 0 Å². The topological polar surface area (TPSA) is 106 Å². The Bertz CT molecular complexity index is 1100. The zero-order valence-corrected chi connectivity index (χ0v) is 16.0. The van der Waals surface area contributed by atoms with E-state index in [0.717, 1.165) is 14.7 Å². The molecule has 0 fully saturated rings. The SMILES string of the molecule is O=[N+]([O-])c1c(Nc2ccc(Br)cc2)ncnc1Nc1nc2ccccc2s1. The van der Waals surface area contributed by atoms with Gasteiger partial charge in [-0.25, -0.2) is 15.0 Å². The lowest BCUT2D eigenvalue weighted by atomic mass is 10.3. The summed E-state index contributed by atoms with van der Waals surface area (Å²) in [5, 5.41) is 18.1. The molecule has 134 valence electrons. The Hall–Kier alpha value is -3.11. The molecule has 0 spiro atoms. The molecule has 2 aromatic heterocycles. The van der Waals surface area contributed by atoms with Gasteiger partial charge in [0.1, 0.15) is 6.33 Å². The molecule has 0 unspecified atom stereocenters. The summed E-state index contributed by atoms with van der Waals surface area (Å²) in [6.45, 7) is 0. The van der Waals surface area contributed by atoms with Crippen molar-refractivity contribution in [1.29, 1.82) is 0 Å². The third kappa shape index (κ3) is 3.71. The van der Waals surface area contributed by atoms with Crippen LogP contribution >= 0.6 is 27.3 Å². The molecule has 27 heavy (non-hydrogen) atoms. The second kappa shape index (κ2) is 7.25. The fourth-order valence-electron chi connectivity index (χ4n) is 2.43. The predicted molar refractivity (Wildman–Crippen MR) is 109 cm³/mol. The minimum absolute atomic E-state index is 0.0775. The van der Waals surface area contributed by atoms with Gasteiger partial charge in [0.15, 0.2) is 5.13 Å². The van der Waals surface area contributed by atoms with Crippen LogP contribution in [0.25, 0.3) is 10.2 Å². The minimum atomic E-state index is -0.517. The van der Waals surface area contributed by atoms with Crippen LogP contribution in [0.4, 0.5) is 28.1 Å². The summed E-state index contributed by atoms with van der Waals surface area (Å²) in [7, 11) is 0. The van der Waals surface area contributed by atoms with Gasteiger partial charge in [-0.1, -0.05) is 39.4 Å². The Morgan fingerprint density at radius 1 is 1.00 bits per heavy atom. The molecular formula is C17H11BrN6O2S. The first-order chi connectivity index (χ1) is 13.1. The van der Waals surface area contributed by atoms with Crippen molar-refractivity contribution in [2.75, 3.05) is 10.6 Å². The van der Waals surface area contributed by atoms with Crippen molar-refractivity contribution in [1.82, 2.24) is 15.0 Å². The summed E-state index contributed by atoms with van der Waals surface area (Å²) >= 11 is 4.75. The number of fused-ring (bicyclic) bond motifs is 1. The van der Waals surface area contributed by atoms with Gasteiger partial charge in [-0.15, -0.1) is 0 Å². The van der Waals surface area contributed by atoms with Gasteiger partial charge in [-0.2, -0.15) is 0 Å². The van der Waals surface area contributed by atoms with E-state index in [9.17, 15) is 10.1 Å². The van der Waals surface area contributed by atoms with Gasteiger partial charge in [0.05, 0.1) is 15.1 Å². The average molecular weight is 443 g/mol. The normalized spacial score (nSPS) is 10.7. The molecule has 0 bridgehead atoms. The monoisotopic (exact) mass is 442 g/mol. The molecule has 0 aliphatic rings. The van der Waals surface area contributed by atoms with E-state index in [1.807, 2.05) is 36.4 Å². The lowest BCUT2D eigenvalue weighted by Crippen LogP contribution is -2.05. The number of nitro groups is 1. The van der Waals surface area contributed by atoms with Crippen molar-refractivity contribution in [3.8, 4) is 0 Å². The summed E-state index contributed by atoms with van der Waals surface area (Å²) in [4.78, 5) is 23.7. The highest BCUT2D eigenvalue weighted by Gasteiger charge is 2.24. The van der Waals surface area contributed by atoms with Crippen LogP contribution in [-0.4, -0.2) is 19.9 Å². The molecule has 4 aromatic rings. The zero-order chi connectivity index (χ0) is 18.8. The highest BCUT2D eigenvalue weighted by Crippen LogP contribution is 2.35. The highest BCUT2D eigenvalue weighted by molar-refractivity contribution is 9.10. The maximum Gasteiger partial charge on any atom is 0.353 e. The quantitative estimate of drug-likeness (QED) is 0.321. The average Bonchev–Trinajstić information content (AvgIpc) is 3.06. The molecule has 4 rings (SSSR count). The summed E-state index contributed by atoms with van der Waals surface area (Å²) in [6, 6.07) is 14.9. The Kier molecular flexibility index (Phi) is 4.65. The zero-order valence-electron chi connectivity index (χ0n) is 13.6. The van der Waals surface area contributed by atoms with E-state index >= 15 is 0 Å². The van der Waals surface area contributed by atoms with E-state index in [-0.39, 0.29) is 17.3 Å². The first-order valence-corrected chi connectivity index (χ1v) is 9.36. The number of halogens is 1. The van der Waals surface area contributed by atoms with Crippen LogP contribution < -0.4 is 10.6 Å².